The van der Waals surface area contributed by atoms with Crippen LogP contribution in [0.5, 0.6) is 0 Å². The molecule has 0 saturated carbocycles. The lowest BCUT2D eigenvalue weighted by atomic mass is 9.79. The molecule has 5 heteroatoms. The minimum Gasteiger partial charge on any atom is -0.463 e. The standard InChI is InChI=1S/C19H22N2O3/c1-4-17(22)21-10-9-16(19(2,3)12-21)20-18(23)14-11-24-15-8-6-5-7-13(14)15/h4-8,11,16H,1,9-10,12H2,2-3H3,(H,20,23). The normalized spacial score (nSPS) is 19.9. The minimum absolute atomic E-state index is 0.00692. The second-order valence-corrected chi connectivity index (χ2v) is 6.91. The van der Waals surface area contributed by atoms with Gasteiger partial charge in [0.15, 0.2) is 0 Å². The number of furan rings is 1. The molecule has 1 aliphatic rings. The average Bonchev–Trinajstić information content (AvgIpc) is 2.99. The van der Waals surface area contributed by atoms with E-state index in [1.165, 1.54) is 12.3 Å². The highest BCUT2D eigenvalue weighted by molar-refractivity contribution is 6.06. The molecule has 3 rings (SSSR count). The lowest BCUT2D eigenvalue weighted by Crippen LogP contribution is -2.56. The van der Waals surface area contributed by atoms with Crippen LogP contribution in [0.2, 0.25) is 0 Å². The van der Waals surface area contributed by atoms with E-state index in [9.17, 15) is 9.59 Å². The van der Waals surface area contributed by atoms with Crippen LogP contribution in [-0.2, 0) is 4.79 Å². The second kappa shape index (κ2) is 6.15. The number of nitrogens with zero attached hydrogens (tertiary/aromatic N) is 1. The van der Waals surface area contributed by atoms with E-state index in [-0.39, 0.29) is 23.3 Å². The molecule has 2 amide bonds. The fourth-order valence-electron chi connectivity index (χ4n) is 3.33. The highest BCUT2D eigenvalue weighted by atomic mass is 16.3. The fraction of sp³-hybridized carbons (Fsp3) is 0.368. The number of para-hydroxylation sites is 1. The van der Waals surface area contributed by atoms with Crippen molar-refractivity contribution in [1.82, 2.24) is 10.2 Å². The number of likely N-dealkylation sites (tertiary alicyclic amines) is 1. The highest BCUT2D eigenvalue weighted by Gasteiger charge is 2.38. The molecule has 1 fully saturated rings. The monoisotopic (exact) mass is 326 g/mol. The van der Waals surface area contributed by atoms with Gasteiger partial charge in [-0.1, -0.05) is 38.6 Å². The van der Waals surface area contributed by atoms with Gasteiger partial charge < -0.3 is 14.6 Å². The Bertz CT molecular complexity index is 791. The molecule has 0 radical (unpaired) electrons. The van der Waals surface area contributed by atoms with Crippen molar-refractivity contribution in [2.24, 2.45) is 5.41 Å². The fourth-order valence-corrected chi connectivity index (χ4v) is 3.33. The van der Waals surface area contributed by atoms with Crippen molar-refractivity contribution in [3.63, 3.8) is 0 Å². The summed E-state index contributed by atoms with van der Waals surface area (Å²) in [5, 5.41) is 3.93. The minimum atomic E-state index is -0.216. The third-order valence-corrected chi connectivity index (χ3v) is 4.75. The first-order chi connectivity index (χ1) is 11.4. The molecule has 126 valence electrons. The van der Waals surface area contributed by atoms with Crippen molar-refractivity contribution in [3.05, 3.63) is 48.7 Å². The molecule has 5 nitrogen and oxygen atoms in total. The first-order valence-corrected chi connectivity index (χ1v) is 8.11. The summed E-state index contributed by atoms with van der Waals surface area (Å²) < 4.78 is 5.45. The van der Waals surface area contributed by atoms with Gasteiger partial charge in [-0.25, -0.2) is 0 Å². The van der Waals surface area contributed by atoms with E-state index in [1.807, 2.05) is 24.3 Å². The zero-order chi connectivity index (χ0) is 17.3. The number of carbonyl (C=O) groups is 2. The SMILES string of the molecule is C=CC(=O)N1CCC(NC(=O)c2coc3ccccc23)C(C)(C)C1. The van der Waals surface area contributed by atoms with Crippen molar-refractivity contribution in [2.75, 3.05) is 13.1 Å². The van der Waals surface area contributed by atoms with Gasteiger partial charge in [-0.2, -0.15) is 0 Å². The summed E-state index contributed by atoms with van der Waals surface area (Å²) in [7, 11) is 0. The van der Waals surface area contributed by atoms with Gasteiger partial charge in [-0.15, -0.1) is 0 Å². The van der Waals surface area contributed by atoms with Crippen LogP contribution in [-0.4, -0.2) is 35.8 Å². The third-order valence-electron chi connectivity index (χ3n) is 4.75. The van der Waals surface area contributed by atoms with Gasteiger partial charge in [0.25, 0.3) is 5.91 Å². The Labute approximate surface area is 141 Å². The van der Waals surface area contributed by atoms with Gasteiger partial charge in [-0.3, -0.25) is 9.59 Å². The predicted molar refractivity (Wildman–Crippen MR) is 92.6 cm³/mol. The van der Waals surface area contributed by atoms with Crippen LogP contribution in [0.3, 0.4) is 0 Å². The predicted octanol–water partition coefficient (Wildman–Crippen LogP) is 2.98. The van der Waals surface area contributed by atoms with Crippen molar-refractivity contribution < 1.29 is 14.0 Å². The summed E-state index contributed by atoms with van der Waals surface area (Å²) in [6, 6.07) is 7.48. The highest BCUT2D eigenvalue weighted by Crippen LogP contribution is 2.30. The zero-order valence-electron chi connectivity index (χ0n) is 14.0. The van der Waals surface area contributed by atoms with Crippen LogP contribution in [0.25, 0.3) is 11.0 Å². The summed E-state index contributed by atoms with van der Waals surface area (Å²) >= 11 is 0. The van der Waals surface area contributed by atoms with Crippen LogP contribution < -0.4 is 5.32 Å². The first-order valence-electron chi connectivity index (χ1n) is 8.11. The maximum atomic E-state index is 12.7. The molecule has 1 aliphatic heterocycles. The number of amides is 2. The van der Waals surface area contributed by atoms with E-state index in [0.29, 0.717) is 30.7 Å². The van der Waals surface area contributed by atoms with E-state index in [0.717, 1.165) is 5.39 Å². The number of hydrogen-bond donors (Lipinski definition) is 1. The lowest BCUT2D eigenvalue weighted by molar-refractivity contribution is -0.129. The zero-order valence-corrected chi connectivity index (χ0v) is 14.0. The maximum Gasteiger partial charge on any atom is 0.255 e. The first kappa shape index (κ1) is 16.3. The topological polar surface area (TPSA) is 62.6 Å². The van der Waals surface area contributed by atoms with Gasteiger partial charge in [0.1, 0.15) is 11.8 Å². The molecule has 0 spiro atoms. The average molecular weight is 326 g/mol. The number of fused-ring (bicyclic) bond motifs is 1. The van der Waals surface area contributed by atoms with E-state index < -0.39 is 0 Å². The second-order valence-electron chi connectivity index (χ2n) is 6.91. The molecule has 1 aromatic heterocycles. The molecule has 1 unspecified atom stereocenters. The molecule has 24 heavy (non-hydrogen) atoms. The summed E-state index contributed by atoms with van der Waals surface area (Å²) in [6.45, 7) is 8.88. The van der Waals surface area contributed by atoms with Crippen LogP contribution >= 0.6 is 0 Å². The largest absolute Gasteiger partial charge is 0.463 e. The summed E-state index contributed by atoms with van der Waals surface area (Å²) in [4.78, 5) is 26.3. The van der Waals surface area contributed by atoms with Crippen molar-refractivity contribution >= 4 is 22.8 Å². The molecular formula is C19H22N2O3. The molecule has 2 heterocycles. The smallest absolute Gasteiger partial charge is 0.255 e. The Morgan fingerprint density at radius 3 is 2.83 bits per heavy atom. The number of hydrogen-bond acceptors (Lipinski definition) is 3. The van der Waals surface area contributed by atoms with Crippen LogP contribution in [0.4, 0.5) is 0 Å². The van der Waals surface area contributed by atoms with Crippen LogP contribution in [0.15, 0.2) is 47.6 Å². The van der Waals surface area contributed by atoms with Crippen molar-refractivity contribution in [3.8, 4) is 0 Å². The number of rotatable bonds is 3. The molecular weight excluding hydrogens is 304 g/mol. The van der Waals surface area contributed by atoms with Gasteiger partial charge >= 0.3 is 0 Å². The van der Waals surface area contributed by atoms with Gasteiger partial charge in [0.2, 0.25) is 5.91 Å². The molecule has 1 saturated heterocycles. The Hall–Kier alpha value is -2.56. The summed E-state index contributed by atoms with van der Waals surface area (Å²) in [6.07, 6.45) is 3.56. The van der Waals surface area contributed by atoms with Crippen LogP contribution in [0.1, 0.15) is 30.6 Å². The van der Waals surface area contributed by atoms with Crippen molar-refractivity contribution in [1.29, 1.82) is 0 Å². The number of carbonyl (C=O) groups excluding carboxylic acids is 2. The summed E-state index contributed by atoms with van der Waals surface area (Å²) in [5.74, 6) is -0.199. The van der Waals surface area contributed by atoms with Crippen molar-refractivity contribution in [2.45, 2.75) is 26.3 Å². The molecule has 2 aromatic rings. The van der Waals surface area contributed by atoms with Gasteiger partial charge in [0, 0.05) is 29.9 Å². The molecule has 1 aromatic carbocycles. The third kappa shape index (κ3) is 2.94. The molecule has 1 atom stereocenters. The lowest BCUT2D eigenvalue weighted by Gasteiger charge is -2.44. The van der Waals surface area contributed by atoms with E-state index in [4.69, 9.17) is 4.42 Å². The van der Waals surface area contributed by atoms with E-state index in [1.54, 1.807) is 4.90 Å². The number of piperidine rings is 1. The maximum absolute atomic E-state index is 12.7. The number of nitrogens with one attached hydrogen (secondary N) is 1. The van der Waals surface area contributed by atoms with Gasteiger partial charge in [0.05, 0.1) is 5.56 Å². The van der Waals surface area contributed by atoms with E-state index in [2.05, 4.69) is 25.7 Å². The quantitative estimate of drug-likeness (QED) is 0.882. The Morgan fingerprint density at radius 2 is 2.12 bits per heavy atom. The van der Waals surface area contributed by atoms with Gasteiger partial charge in [-0.05, 0) is 18.6 Å². The summed E-state index contributed by atoms with van der Waals surface area (Å²) in [5.41, 5.74) is 1.03. The molecule has 0 aliphatic carbocycles. The number of benzene rings is 1. The Balaban J connectivity index is 1.75. The molecule has 1 N–H and O–H groups in total. The Kier molecular flexibility index (Phi) is 4.18. The van der Waals surface area contributed by atoms with Crippen LogP contribution in [0, 0.1) is 5.41 Å². The van der Waals surface area contributed by atoms with E-state index >= 15 is 0 Å². The molecule has 0 bridgehead atoms. The Morgan fingerprint density at radius 1 is 1.38 bits per heavy atom.